The Kier molecular flexibility index (Phi) is 11.4. The number of nitrogens with one attached hydrogen (secondary N) is 3. The van der Waals surface area contributed by atoms with Gasteiger partial charge in [0, 0.05) is 72.6 Å². The summed E-state index contributed by atoms with van der Waals surface area (Å²) in [5, 5.41) is 11.2. The first-order valence-electron chi connectivity index (χ1n) is 16.3. The summed E-state index contributed by atoms with van der Waals surface area (Å²) in [7, 11) is -2.88. The molecule has 0 spiro atoms. The Bertz CT molecular complexity index is 1780. The Balaban J connectivity index is 1.46. The molecule has 0 bridgehead atoms. The average Bonchev–Trinajstić information content (AvgIpc) is 3.05. The summed E-state index contributed by atoms with van der Waals surface area (Å²) in [5.41, 5.74) is 10.2. The van der Waals surface area contributed by atoms with E-state index in [0.717, 1.165) is 50.3 Å². The number of anilines is 5. The summed E-state index contributed by atoms with van der Waals surface area (Å²) in [6.07, 6.45) is 5.25. The molecule has 2 aromatic carbocycles. The molecule has 1 saturated heterocycles. The van der Waals surface area contributed by atoms with Gasteiger partial charge in [-0.2, -0.15) is 4.98 Å². The number of hydrogen-bond donors (Lipinski definition) is 4. The molecule has 5 N–H and O–H groups in total. The predicted molar refractivity (Wildman–Crippen MR) is 196 cm³/mol. The maximum Gasteiger partial charge on any atom is 0.229 e. The molecule has 5 rings (SSSR count). The number of pyridine rings is 1. The number of ether oxygens (including phenoxy) is 1. The van der Waals surface area contributed by atoms with Crippen LogP contribution < -0.4 is 36.6 Å². The smallest absolute Gasteiger partial charge is 0.229 e. The third kappa shape index (κ3) is 8.05. The number of aromatic nitrogens is 3. The van der Waals surface area contributed by atoms with Crippen LogP contribution in [0.25, 0.3) is 10.9 Å². The van der Waals surface area contributed by atoms with E-state index in [2.05, 4.69) is 65.8 Å². The summed E-state index contributed by atoms with van der Waals surface area (Å²) >= 11 is 3.54. The lowest BCUT2D eigenvalue weighted by Crippen LogP contribution is -2.44. The van der Waals surface area contributed by atoms with E-state index < -0.39 is 13.0 Å². The standard InChI is InChI=1S/C34H45BrFN8O2P/c1-6-21-17-27(30(46-8-3)19-29(21)44-15-11-23(12-16-44)38-14-13-37)42-34-39-20-25(35)33(43-34)41-28-18-26(36)31-24(32(28)47(4,5)45)10-9-22(7-2)40-31/h9-10,17-20,23,38H,6-8,11-16,37H2,1-5H3,(H2,39,41,42,43). The Morgan fingerprint density at radius 1 is 1.06 bits per heavy atom. The number of piperidine rings is 1. The molecule has 47 heavy (non-hydrogen) atoms. The van der Waals surface area contributed by atoms with E-state index in [9.17, 15) is 4.57 Å². The molecule has 10 nitrogen and oxygen atoms in total. The molecule has 0 atom stereocenters. The van der Waals surface area contributed by atoms with Crippen LogP contribution in [0, 0.1) is 5.82 Å². The number of fused-ring (bicyclic) bond motifs is 1. The van der Waals surface area contributed by atoms with Gasteiger partial charge in [-0.25, -0.2) is 14.4 Å². The highest BCUT2D eigenvalue weighted by Crippen LogP contribution is 2.43. The van der Waals surface area contributed by atoms with Crippen LogP contribution in [-0.4, -0.2) is 67.1 Å². The van der Waals surface area contributed by atoms with Crippen molar-refractivity contribution in [3.05, 3.63) is 58.1 Å². The summed E-state index contributed by atoms with van der Waals surface area (Å²) in [5.74, 6) is 0.931. The molecule has 0 radical (unpaired) electrons. The summed E-state index contributed by atoms with van der Waals surface area (Å²) in [6.45, 7) is 13.3. The maximum absolute atomic E-state index is 15.5. The molecule has 1 fully saturated rings. The van der Waals surface area contributed by atoms with Crippen LogP contribution in [0.15, 0.2) is 41.0 Å². The van der Waals surface area contributed by atoms with Crippen LogP contribution in [0.4, 0.5) is 33.2 Å². The second-order valence-electron chi connectivity index (χ2n) is 12.1. The third-order valence-corrected chi connectivity index (χ3v) is 10.5. The molecule has 3 heterocycles. The number of aryl methyl sites for hydroxylation is 2. The van der Waals surface area contributed by atoms with Gasteiger partial charge >= 0.3 is 0 Å². The first-order valence-corrected chi connectivity index (χ1v) is 19.7. The highest BCUT2D eigenvalue weighted by Gasteiger charge is 2.25. The van der Waals surface area contributed by atoms with Crippen LogP contribution in [0.2, 0.25) is 0 Å². The van der Waals surface area contributed by atoms with Crippen LogP contribution in [0.3, 0.4) is 0 Å². The minimum atomic E-state index is -2.88. The minimum Gasteiger partial charge on any atom is -0.492 e. The van der Waals surface area contributed by atoms with E-state index in [1.807, 2.05) is 19.9 Å². The highest BCUT2D eigenvalue weighted by molar-refractivity contribution is 9.10. The van der Waals surface area contributed by atoms with E-state index in [0.29, 0.717) is 64.0 Å². The number of halogens is 2. The normalized spacial score (nSPS) is 14.1. The van der Waals surface area contributed by atoms with E-state index in [-0.39, 0.29) is 5.52 Å². The molecule has 2 aromatic heterocycles. The number of nitrogens with two attached hydrogens (primary N) is 1. The Morgan fingerprint density at radius 3 is 2.49 bits per heavy atom. The summed E-state index contributed by atoms with van der Waals surface area (Å²) in [4.78, 5) is 16.2. The lowest BCUT2D eigenvalue weighted by molar-refractivity contribution is 0.341. The van der Waals surface area contributed by atoms with Gasteiger partial charge in [-0.1, -0.05) is 19.9 Å². The van der Waals surface area contributed by atoms with Gasteiger partial charge in [-0.05, 0) is 79.6 Å². The van der Waals surface area contributed by atoms with Crippen molar-refractivity contribution in [1.29, 1.82) is 0 Å². The summed E-state index contributed by atoms with van der Waals surface area (Å²) < 4.78 is 35.7. The van der Waals surface area contributed by atoms with E-state index >= 15 is 4.39 Å². The molecule has 252 valence electrons. The largest absolute Gasteiger partial charge is 0.492 e. The van der Waals surface area contributed by atoms with E-state index in [4.69, 9.17) is 15.5 Å². The monoisotopic (exact) mass is 726 g/mol. The number of rotatable bonds is 13. The molecule has 13 heteroatoms. The van der Waals surface area contributed by atoms with Crippen molar-refractivity contribution in [2.24, 2.45) is 5.73 Å². The molecule has 1 aliphatic heterocycles. The fourth-order valence-electron chi connectivity index (χ4n) is 6.09. The number of hydrogen-bond acceptors (Lipinski definition) is 10. The maximum atomic E-state index is 15.5. The van der Waals surface area contributed by atoms with E-state index in [1.54, 1.807) is 25.6 Å². The quantitative estimate of drug-likeness (QED) is 0.110. The van der Waals surface area contributed by atoms with Gasteiger partial charge < -0.3 is 35.9 Å². The highest BCUT2D eigenvalue weighted by atomic mass is 79.9. The average molecular weight is 728 g/mol. The molecular formula is C34H45BrFN8O2P. The molecule has 0 amide bonds. The lowest BCUT2D eigenvalue weighted by atomic mass is 10.0. The van der Waals surface area contributed by atoms with Crippen molar-refractivity contribution in [2.45, 2.75) is 52.5 Å². The van der Waals surface area contributed by atoms with Crippen LogP contribution in [-0.2, 0) is 17.4 Å². The van der Waals surface area contributed by atoms with Gasteiger partial charge in [0.25, 0.3) is 0 Å². The molecule has 0 unspecified atom stereocenters. The topological polar surface area (TPSA) is 130 Å². The first-order chi connectivity index (χ1) is 22.6. The number of benzene rings is 2. The van der Waals surface area contributed by atoms with Gasteiger partial charge in [0.1, 0.15) is 24.2 Å². The van der Waals surface area contributed by atoms with Gasteiger partial charge in [0.15, 0.2) is 5.82 Å². The molecule has 4 aromatic rings. The molecule has 1 aliphatic rings. The van der Waals surface area contributed by atoms with Crippen molar-refractivity contribution >= 4 is 68.1 Å². The molecule has 0 saturated carbocycles. The van der Waals surface area contributed by atoms with Gasteiger partial charge in [0.2, 0.25) is 5.95 Å². The second-order valence-corrected chi connectivity index (χ2v) is 16.1. The molecule has 0 aliphatic carbocycles. The Morgan fingerprint density at radius 2 is 1.83 bits per heavy atom. The van der Waals surface area contributed by atoms with Crippen molar-refractivity contribution in [3.63, 3.8) is 0 Å². The summed E-state index contributed by atoms with van der Waals surface area (Å²) in [6, 6.07) is 9.70. The minimum absolute atomic E-state index is 0.212. The van der Waals surface area contributed by atoms with Gasteiger partial charge in [-0.15, -0.1) is 0 Å². The zero-order valence-electron chi connectivity index (χ0n) is 27.8. The SMILES string of the molecule is CCOc1cc(N2CCC(NCCN)CC2)c(CC)cc1Nc1ncc(Br)c(Nc2cc(F)c3nc(CC)ccc3c2P(C)(C)=O)n1. The van der Waals surface area contributed by atoms with Crippen LogP contribution >= 0.6 is 23.1 Å². The predicted octanol–water partition coefficient (Wildman–Crippen LogP) is 6.70. The van der Waals surface area contributed by atoms with E-state index in [1.165, 1.54) is 17.3 Å². The Labute approximate surface area is 285 Å². The second kappa shape index (κ2) is 15.3. The fraction of sp³-hybridized carbons (Fsp3) is 0.441. The first kappa shape index (κ1) is 35.0. The van der Waals surface area contributed by atoms with Gasteiger partial charge in [0.05, 0.1) is 22.5 Å². The van der Waals surface area contributed by atoms with Crippen molar-refractivity contribution in [3.8, 4) is 5.75 Å². The lowest BCUT2D eigenvalue weighted by Gasteiger charge is -2.35. The zero-order chi connectivity index (χ0) is 33.7. The molecular weight excluding hydrogens is 682 g/mol. The van der Waals surface area contributed by atoms with Crippen LogP contribution in [0.1, 0.15) is 44.9 Å². The fourth-order valence-corrected chi connectivity index (χ4v) is 7.84. The van der Waals surface area contributed by atoms with Crippen molar-refractivity contribution in [2.75, 3.05) is 61.6 Å². The number of nitrogens with zero attached hydrogens (tertiary/aromatic N) is 4. The van der Waals surface area contributed by atoms with Crippen molar-refractivity contribution < 1.29 is 13.7 Å². The third-order valence-electron chi connectivity index (χ3n) is 8.38. The zero-order valence-corrected chi connectivity index (χ0v) is 30.3. The van der Waals surface area contributed by atoms with Crippen molar-refractivity contribution in [1.82, 2.24) is 20.3 Å². The van der Waals surface area contributed by atoms with Gasteiger partial charge in [-0.3, -0.25) is 0 Å². The van der Waals surface area contributed by atoms with Crippen LogP contribution in [0.5, 0.6) is 5.75 Å². The Hall–Kier alpha value is -3.31.